The van der Waals surface area contributed by atoms with Crippen molar-refractivity contribution in [3.8, 4) is 0 Å². The second-order valence-corrected chi connectivity index (χ2v) is 4.82. The highest BCUT2D eigenvalue weighted by Crippen LogP contribution is 2.32. The monoisotopic (exact) mass is 237 g/mol. The molecule has 2 nitrogen and oxygen atoms in total. The summed E-state index contributed by atoms with van der Waals surface area (Å²) < 4.78 is 18.8. The summed E-state index contributed by atoms with van der Waals surface area (Å²) in [5, 5.41) is 0. The lowest BCUT2D eigenvalue weighted by molar-refractivity contribution is 0.0268. The third kappa shape index (κ3) is 3.51. The Balaban J connectivity index is 2.04. The van der Waals surface area contributed by atoms with Crippen LogP contribution < -0.4 is 5.73 Å². The van der Waals surface area contributed by atoms with Gasteiger partial charge in [-0.1, -0.05) is 19.1 Å². The molecule has 1 fully saturated rings. The third-order valence-corrected chi connectivity index (χ3v) is 3.27. The second kappa shape index (κ2) is 5.61. The number of benzene rings is 1. The minimum absolute atomic E-state index is 0.0285. The van der Waals surface area contributed by atoms with Crippen molar-refractivity contribution in [3.63, 3.8) is 0 Å². The summed E-state index contributed by atoms with van der Waals surface area (Å²) in [5.74, 6) is 0.488. The van der Waals surface area contributed by atoms with Gasteiger partial charge in [-0.15, -0.1) is 0 Å². The Bertz CT molecular complexity index is 348. The average molecular weight is 237 g/mol. The molecule has 1 aliphatic rings. The van der Waals surface area contributed by atoms with Gasteiger partial charge < -0.3 is 10.5 Å². The molecular formula is C14H20FNO. The number of rotatable bonds is 6. The predicted octanol–water partition coefficient (Wildman–Crippen LogP) is 3.03. The summed E-state index contributed by atoms with van der Waals surface area (Å²) in [6, 6.07) is 6.43. The first kappa shape index (κ1) is 12.5. The number of hydrogen-bond donors (Lipinski definition) is 1. The van der Waals surface area contributed by atoms with Crippen LogP contribution in [0.2, 0.25) is 0 Å². The third-order valence-electron chi connectivity index (χ3n) is 3.27. The first-order chi connectivity index (χ1) is 8.20. The first-order valence-corrected chi connectivity index (χ1v) is 6.33. The molecule has 1 aliphatic carbocycles. The van der Waals surface area contributed by atoms with Crippen LogP contribution in [0.5, 0.6) is 0 Å². The summed E-state index contributed by atoms with van der Waals surface area (Å²) in [7, 11) is 0. The van der Waals surface area contributed by atoms with Crippen LogP contribution in [0.4, 0.5) is 4.39 Å². The molecule has 0 bridgehead atoms. The molecule has 1 saturated carbocycles. The van der Waals surface area contributed by atoms with Gasteiger partial charge in [-0.05, 0) is 42.9 Å². The van der Waals surface area contributed by atoms with Gasteiger partial charge in [-0.25, -0.2) is 4.39 Å². The van der Waals surface area contributed by atoms with Crippen LogP contribution in [0.1, 0.15) is 37.9 Å². The van der Waals surface area contributed by atoms with Gasteiger partial charge in [-0.3, -0.25) is 0 Å². The van der Waals surface area contributed by atoms with Crippen LogP contribution in [0.15, 0.2) is 24.3 Å². The van der Waals surface area contributed by atoms with Gasteiger partial charge in [0.2, 0.25) is 0 Å². The van der Waals surface area contributed by atoms with Crippen LogP contribution in [-0.4, -0.2) is 12.6 Å². The molecule has 0 aromatic heterocycles. The van der Waals surface area contributed by atoms with E-state index in [0.29, 0.717) is 5.92 Å². The Morgan fingerprint density at radius 3 is 2.53 bits per heavy atom. The largest absolute Gasteiger partial charge is 0.372 e. The molecule has 0 radical (unpaired) electrons. The molecule has 94 valence electrons. The fourth-order valence-corrected chi connectivity index (χ4v) is 1.86. The molecule has 2 rings (SSSR count). The van der Waals surface area contributed by atoms with Crippen molar-refractivity contribution in [2.75, 3.05) is 6.61 Å². The molecule has 3 heteroatoms. The van der Waals surface area contributed by atoms with Gasteiger partial charge in [0.15, 0.2) is 0 Å². The van der Waals surface area contributed by atoms with Crippen molar-refractivity contribution < 1.29 is 9.13 Å². The van der Waals surface area contributed by atoms with Crippen LogP contribution in [0, 0.1) is 11.7 Å². The van der Waals surface area contributed by atoms with Gasteiger partial charge in [0.1, 0.15) is 5.82 Å². The lowest BCUT2D eigenvalue weighted by atomic mass is 10.0. The van der Waals surface area contributed by atoms with Crippen LogP contribution in [0.25, 0.3) is 0 Å². The minimum atomic E-state index is -0.222. The zero-order valence-electron chi connectivity index (χ0n) is 10.2. The molecule has 0 amide bonds. The van der Waals surface area contributed by atoms with E-state index in [9.17, 15) is 4.39 Å². The highest BCUT2D eigenvalue weighted by molar-refractivity contribution is 5.20. The van der Waals surface area contributed by atoms with E-state index in [0.717, 1.165) is 18.6 Å². The topological polar surface area (TPSA) is 35.2 Å². The van der Waals surface area contributed by atoms with Crippen molar-refractivity contribution in [1.82, 2.24) is 0 Å². The maximum Gasteiger partial charge on any atom is 0.123 e. The quantitative estimate of drug-likeness (QED) is 0.825. The van der Waals surface area contributed by atoms with Gasteiger partial charge in [0.25, 0.3) is 0 Å². The maximum absolute atomic E-state index is 12.9. The smallest absolute Gasteiger partial charge is 0.123 e. The molecule has 0 spiro atoms. The Labute approximate surface area is 102 Å². The molecule has 2 N–H and O–H groups in total. The molecule has 0 aliphatic heterocycles. The molecule has 1 aromatic rings. The van der Waals surface area contributed by atoms with Crippen molar-refractivity contribution >= 4 is 0 Å². The number of hydrogen-bond acceptors (Lipinski definition) is 2. The number of halogens is 1. The van der Waals surface area contributed by atoms with E-state index >= 15 is 0 Å². The molecule has 2 unspecified atom stereocenters. The van der Waals surface area contributed by atoms with Crippen LogP contribution in [-0.2, 0) is 4.74 Å². The first-order valence-electron chi connectivity index (χ1n) is 6.33. The van der Waals surface area contributed by atoms with E-state index in [-0.39, 0.29) is 18.0 Å². The Morgan fingerprint density at radius 2 is 2.00 bits per heavy atom. The highest BCUT2D eigenvalue weighted by atomic mass is 19.1. The van der Waals surface area contributed by atoms with Gasteiger partial charge in [0, 0.05) is 6.04 Å². The van der Waals surface area contributed by atoms with Gasteiger partial charge in [-0.2, -0.15) is 0 Å². The summed E-state index contributed by atoms with van der Waals surface area (Å²) in [6.45, 7) is 2.82. The molecule has 0 heterocycles. The average Bonchev–Trinajstić information content (AvgIpc) is 3.15. The Kier molecular flexibility index (Phi) is 4.13. The number of nitrogens with two attached hydrogens (primary N) is 1. The van der Waals surface area contributed by atoms with Gasteiger partial charge >= 0.3 is 0 Å². The van der Waals surface area contributed by atoms with E-state index < -0.39 is 0 Å². The summed E-state index contributed by atoms with van der Waals surface area (Å²) in [4.78, 5) is 0. The fraction of sp³-hybridized carbons (Fsp3) is 0.571. The predicted molar refractivity (Wildman–Crippen MR) is 66.1 cm³/mol. The summed E-state index contributed by atoms with van der Waals surface area (Å²) >= 11 is 0. The van der Waals surface area contributed by atoms with E-state index in [1.807, 2.05) is 6.92 Å². The standard InChI is InChI=1S/C14H20FNO/c1-2-13(16)14(17-9-10-3-4-10)11-5-7-12(15)8-6-11/h5-8,10,13-14H,2-4,9,16H2,1H3. The Hall–Kier alpha value is -0.930. The highest BCUT2D eigenvalue weighted by Gasteiger charge is 2.26. The maximum atomic E-state index is 12.9. The zero-order chi connectivity index (χ0) is 12.3. The van der Waals surface area contributed by atoms with E-state index in [2.05, 4.69) is 0 Å². The normalized spacial score (nSPS) is 19.0. The fourth-order valence-electron chi connectivity index (χ4n) is 1.86. The zero-order valence-corrected chi connectivity index (χ0v) is 10.2. The summed E-state index contributed by atoms with van der Waals surface area (Å²) in [5.41, 5.74) is 7.05. The van der Waals surface area contributed by atoms with E-state index in [1.165, 1.54) is 25.0 Å². The SMILES string of the molecule is CCC(N)C(OCC1CC1)c1ccc(F)cc1. The van der Waals surface area contributed by atoms with Crippen LogP contribution in [0.3, 0.4) is 0 Å². The van der Waals surface area contributed by atoms with Crippen molar-refractivity contribution in [2.24, 2.45) is 11.7 Å². The molecule has 1 aromatic carbocycles. The van der Waals surface area contributed by atoms with Crippen LogP contribution >= 0.6 is 0 Å². The second-order valence-electron chi connectivity index (χ2n) is 4.82. The minimum Gasteiger partial charge on any atom is -0.372 e. The summed E-state index contributed by atoms with van der Waals surface area (Å²) in [6.07, 6.45) is 3.27. The molecule has 2 atom stereocenters. The van der Waals surface area contributed by atoms with Crippen molar-refractivity contribution in [1.29, 1.82) is 0 Å². The van der Waals surface area contributed by atoms with Crippen molar-refractivity contribution in [2.45, 2.75) is 38.3 Å². The molecular weight excluding hydrogens is 217 g/mol. The van der Waals surface area contributed by atoms with E-state index in [1.54, 1.807) is 12.1 Å². The van der Waals surface area contributed by atoms with Gasteiger partial charge in [0.05, 0.1) is 12.7 Å². The number of ether oxygens (including phenoxy) is 1. The lowest BCUT2D eigenvalue weighted by Gasteiger charge is -2.24. The van der Waals surface area contributed by atoms with Crippen molar-refractivity contribution in [3.05, 3.63) is 35.6 Å². The molecule has 0 saturated heterocycles. The lowest BCUT2D eigenvalue weighted by Crippen LogP contribution is -2.30. The Morgan fingerprint density at radius 1 is 1.35 bits per heavy atom. The van der Waals surface area contributed by atoms with E-state index in [4.69, 9.17) is 10.5 Å². The molecule has 17 heavy (non-hydrogen) atoms.